The lowest BCUT2D eigenvalue weighted by Gasteiger charge is -2.11. The number of benzene rings is 1. The lowest BCUT2D eigenvalue weighted by Crippen LogP contribution is -2.00. The van der Waals surface area contributed by atoms with E-state index < -0.39 is 6.10 Å². The van der Waals surface area contributed by atoms with Crippen LogP contribution in [-0.4, -0.2) is 16.8 Å². The Hall–Kier alpha value is -0.450. The van der Waals surface area contributed by atoms with Crippen molar-refractivity contribution < 1.29 is 14.6 Å². The van der Waals surface area contributed by atoms with E-state index in [1.165, 1.54) is 12.1 Å². The van der Waals surface area contributed by atoms with E-state index in [0.29, 0.717) is 22.9 Å². The normalized spacial score (nSPS) is 12.9. The smallest absolute Gasteiger partial charge is 0.124 e. The molecular weight excluding hydrogens is 251 g/mol. The van der Waals surface area contributed by atoms with Gasteiger partial charge in [0.15, 0.2) is 0 Å². The summed E-state index contributed by atoms with van der Waals surface area (Å²) in [6, 6.07) is 4.17. The highest BCUT2D eigenvalue weighted by Crippen LogP contribution is 2.26. The molecule has 0 aliphatic rings. The molecular formula is C10H12BrFO2. The molecule has 4 heteroatoms. The van der Waals surface area contributed by atoms with Crippen molar-refractivity contribution in [2.45, 2.75) is 18.9 Å². The zero-order valence-electron chi connectivity index (χ0n) is 7.58. The van der Waals surface area contributed by atoms with Gasteiger partial charge in [-0.15, -0.1) is 0 Å². The summed E-state index contributed by atoms with van der Waals surface area (Å²) < 4.78 is 13.3. The monoisotopic (exact) mass is 262 g/mol. The zero-order valence-corrected chi connectivity index (χ0v) is 9.17. The Morgan fingerprint density at radius 1 is 1.43 bits per heavy atom. The number of rotatable bonds is 4. The molecule has 1 rings (SSSR count). The molecule has 2 nitrogen and oxygen atoms in total. The molecule has 14 heavy (non-hydrogen) atoms. The van der Waals surface area contributed by atoms with E-state index in [0.717, 1.165) is 0 Å². The van der Waals surface area contributed by atoms with Gasteiger partial charge in [-0.25, -0.2) is 4.39 Å². The first-order valence-electron chi connectivity index (χ1n) is 4.39. The van der Waals surface area contributed by atoms with Gasteiger partial charge in [0.25, 0.3) is 0 Å². The molecule has 0 spiro atoms. The molecule has 0 aliphatic carbocycles. The van der Waals surface area contributed by atoms with Gasteiger partial charge in [-0.3, -0.25) is 0 Å². The Labute approximate surface area is 90.5 Å². The van der Waals surface area contributed by atoms with E-state index >= 15 is 0 Å². The van der Waals surface area contributed by atoms with Gasteiger partial charge in [0, 0.05) is 11.1 Å². The summed E-state index contributed by atoms with van der Waals surface area (Å²) in [5.41, 5.74) is 0.653. The Kier molecular flexibility index (Phi) is 4.51. The summed E-state index contributed by atoms with van der Waals surface area (Å²) in [4.78, 5) is 0. The highest BCUT2D eigenvalue weighted by molar-refractivity contribution is 9.10. The number of hydrogen-bond donors (Lipinski definition) is 2. The first kappa shape index (κ1) is 11.6. The molecule has 1 aromatic rings. The molecule has 0 heterocycles. The second-order valence-corrected chi connectivity index (χ2v) is 3.90. The zero-order chi connectivity index (χ0) is 10.6. The van der Waals surface area contributed by atoms with Crippen molar-refractivity contribution in [3.63, 3.8) is 0 Å². The number of aliphatic hydroxyl groups is 2. The summed E-state index contributed by atoms with van der Waals surface area (Å²) in [7, 11) is 0. The minimum absolute atomic E-state index is 0.0515. The van der Waals surface area contributed by atoms with Crippen molar-refractivity contribution in [1.82, 2.24) is 0 Å². The van der Waals surface area contributed by atoms with Crippen molar-refractivity contribution >= 4 is 15.9 Å². The lowest BCUT2D eigenvalue weighted by molar-refractivity contribution is 0.151. The van der Waals surface area contributed by atoms with Crippen LogP contribution in [0.1, 0.15) is 24.5 Å². The van der Waals surface area contributed by atoms with Crippen LogP contribution in [0.5, 0.6) is 0 Å². The minimum Gasteiger partial charge on any atom is -0.396 e. The van der Waals surface area contributed by atoms with Gasteiger partial charge in [-0.05, 0) is 30.5 Å². The Morgan fingerprint density at radius 2 is 2.14 bits per heavy atom. The second-order valence-electron chi connectivity index (χ2n) is 3.05. The van der Waals surface area contributed by atoms with E-state index in [1.807, 2.05) is 0 Å². The lowest BCUT2D eigenvalue weighted by atomic mass is 10.1. The molecule has 1 unspecified atom stereocenters. The highest BCUT2D eigenvalue weighted by Gasteiger charge is 2.11. The molecule has 78 valence electrons. The van der Waals surface area contributed by atoms with Crippen LogP contribution in [0.25, 0.3) is 0 Å². The van der Waals surface area contributed by atoms with Crippen molar-refractivity contribution in [1.29, 1.82) is 0 Å². The van der Waals surface area contributed by atoms with E-state index in [-0.39, 0.29) is 12.4 Å². The number of aliphatic hydroxyl groups excluding tert-OH is 2. The van der Waals surface area contributed by atoms with Crippen LogP contribution in [0.3, 0.4) is 0 Å². The Bertz CT molecular complexity index is 304. The molecule has 1 aromatic carbocycles. The van der Waals surface area contributed by atoms with Crippen LogP contribution < -0.4 is 0 Å². The molecule has 0 saturated heterocycles. The average Bonchev–Trinajstić information content (AvgIpc) is 2.14. The molecule has 0 aromatic heterocycles. The molecule has 0 amide bonds. The third kappa shape index (κ3) is 3.04. The van der Waals surface area contributed by atoms with Crippen LogP contribution >= 0.6 is 15.9 Å². The molecule has 1 atom stereocenters. The topological polar surface area (TPSA) is 40.5 Å². The Balaban J connectivity index is 2.74. The van der Waals surface area contributed by atoms with Gasteiger partial charge in [0.2, 0.25) is 0 Å². The Morgan fingerprint density at radius 3 is 2.71 bits per heavy atom. The van der Waals surface area contributed by atoms with Crippen molar-refractivity contribution in [3.05, 3.63) is 34.1 Å². The minimum atomic E-state index is -0.655. The summed E-state index contributed by atoms with van der Waals surface area (Å²) >= 11 is 3.18. The second kappa shape index (κ2) is 5.44. The summed E-state index contributed by atoms with van der Waals surface area (Å²) in [5, 5.41) is 18.3. The van der Waals surface area contributed by atoms with Gasteiger partial charge in [0.05, 0.1) is 6.10 Å². The molecule has 0 radical (unpaired) electrons. The largest absolute Gasteiger partial charge is 0.396 e. The van der Waals surface area contributed by atoms with Crippen LogP contribution in [0, 0.1) is 5.82 Å². The van der Waals surface area contributed by atoms with E-state index in [2.05, 4.69) is 15.9 Å². The van der Waals surface area contributed by atoms with E-state index in [1.54, 1.807) is 6.07 Å². The number of hydrogen-bond acceptors (Lipinski definition) is 2. The molecule has 0 aliphatic heterocycles. The first-order valence-corrected chi connectivity index (χ1v) is 5.18. The average molecular weight is 263 g/mol. The number of halogens is 2. The molecule has 0 bridgehead atoms. The van der Waals surface area contributed by atoms with Gasteiger partial charge in [-0.2, -0.15) is 0 Å². The quantitative estimate of drug-likeness (QED) is 0.875. The highest BCUT2D eigenvalue weighted by atomic mass is 79.9. The standard InChI is InChI=1S/C10H12BrFO2/c11-9-6-7(12)3-4-8(9)10(14)2-1-5-13/h3-4,6,10,13-14H,1-2,5H2. The third-order valence-electron chi connectivity index (χ3n) is 1.96. The van der Waals surface area contributed by atoms with Crippen molar-refractivity contribution in [3.8, 4) is 0 Å². The van der Waals surface area contributed by atoms with Gasteiger partial charge < -0.3 is 10.2 Å². The maximum absolute atomic E-state index is 12.7. The fourth-order valence-corrected chi connectivity index (χ4v) is 1.83. The predicted octanol–water partition coefficient (Wildman–Crippen LogP) is 2.39. The van der Waals surface area contributed by atoms with Crippen LogP contribution in [0.15, 0.2) is 22.7 Å². The van der Waals surface area contributed by atoms with Crippen LogP contribution in [0.4, 0.5) is 4.39 Å². The van der Waals surface area contributed by atoms with Gasteiger partial charge in [0.1, 0.15) is 5.82 Å². The van der Waals surface area contributed by atoms with Crippen LogP contribution in [-0.2, 0) is 0 Å². The van der Waals surface area contributed by atoms with E-state index in [9.17, 15) is 9.50 Å². The van der Waals surface area contributed by atoms with Crippen molar-refractivity contribution in [2.75, 3.05) is 6.61 Å². The SMILES string of the molecule is OCCCC(O)c1ccc(F)cc1Br. The van der Waals surface area contributed by atoms with Gasteiger partial charge >= 0.3 is 0 Å². The molecule has 2 N–H and O–H groups in total. The molecule has 0 saturated carbocycles. The summed E-state index contributed by atoms with van der Waals surface area (Å²) in [5.74, 6) is -0.338. The molecule has 0 fully saturated rings. The maximum atomic E-state index is 12.7. The fourth-order valence-electron chi connectivity index (χ4n) is 1.21. The summed E-state index contributed by atoms with van der Waals surface area (Å²) in [6.07, 6.45) is 0.350. The first-order chi connectivity index (χ1) is 6.65. The van der Waals surface area contributed by atoms with Crippen LogP contribution in [0.2, 0.25) is 0 Å². The predicted molar refractivity (Wildman–Crippen MR) is 55.4 cm³/mol. The summed E-state index contributed by atoms with van der Waals surface area (Å²) in [6.45, 7) is 0.0515. The third-order valence-corrected chi connectivity index (χ3v) is 2.64. The maximum Gasteiger partial charge on any atom is 0.124 e. The van der Waals surface area contributed by atoms with Crippen molar-refractivity contribution in [2.24, 2.45) is 0 Å². The fraction of sp³-hybridized carbons (Fsp3) is 0.400. The van der Waals surface area contributed by atoms with E-state index in [4.69, 9.17) is 5.11 Å². The van der Waals surface area contributed by atoms with Gasteiger partial charge in [-0.1, -0.05) is 22.0 Å².